The topological polar surface area (TPSA) is 73.1 Å². The summed E-state index contributed by atoms with van der Waals surface area (Å²) in [5, 5.41) is 8.15. The molecular weight excluding hydrogens is 418 g/mol. The molecule has 0 radical (unpaired) electrons. The molecule has 0 aliphatic carbocycles. The number of hydrogen-bond donors (Lipinski definition) is 1. The number of anilines is 2. The average Bonchev–Trinajstić information content (AvgIpc) is 3.40. The molecule has 0 spiro atoms. The zero-order valence-corrected chi connectivity index (χ0v) is 18.6. The largest absolute Gasteiger partial charge is 0.496 e. The van der Waals surface area contributed by atoms with E-state index in [4.69, 9.17) is 19.3 Å². The van der Waals surface area contributed by atoms with Crippen LogP contribution in [-0.2, 0) is 17.8 Å². The van der Waals surface area contributed by atoms with Gasteiger partial charge >= 0.3 is 0 Å². The van der Waals surface area contributed by atoms with Crippen LogP contribution in [0, 0.1) is 0 Å². The van der Waals surface area contributed by atoms with E-state index in [9.17, 15) is 0 Å². The summed E-state index contributed by atoms with van der Waals surface area (Å²) >= 11 is 0. The second-order valence-corrected chi connectivity index (χ2v) is 8.38. The van der Waals surface area contributed by atoms with Gasteiger partial charge in [0.1, 0.15) is 11.5 Å². The molecule has 1 fully saturated rings. The van der Waals surface area contributed by atoms with Crippen LogP contribution in [0.2, 0.25) is 0 Å². The van der Waals surface area contributed by atoms with Gasteiger partial charge in [-0.05, 0) is 47.5 Å². The molecule has 6 rings (SSSR count). The maximum atomic E-state index is 5.69. The van der Waals surface area contributed by atoms with Crippen molar-refractivity contribution in [1.29, 1.82) is 0 Å². The van der Waals surface area contributed by atoms with E-state index >= 15 is 0 Å². The van der Waals surface area contributed by atoms with Crippen LogP contribution in [-0.4, -0.2) is 53.0 Å². The molecule has 1 N–H and O–H groups in total. The van der Waals surface area contributed by atoms with E-state index in [-0.39, 0.29) is 0 Å². The summed E-state index contributed by atoms with van der Waals surface area (Å²) in [6, 6.07) is 16.7. The number of hydrogen-bond acceptors (Lipinski definition) is 7. The fraction of sp³-hybridized carbons (Fsp3) is 0.280. The predicted molar refractivity (Wildman–Crippen MR) is 125 cm³/mol. The van der Waals surface area contributed by atoms with E-state index in [1.165, 1.54) is 11.1 Å². The first-order valence-corrected chi connectivity index (χ1v) is 11.0. The van der Waals surface area contributed by atoms with Crippen molar-refractivity contribution in [3.05, 3.63) is 65.9 Å². The normalized spacial score (nSPS) is 15.9. The summed E-state index contributed by atoms with van der Waals surface area (Å²) in [5.41, 5.74) is 6.26. The lowest BCUT2D eigenvalue weighted by Gasteiger charge is -2.34. The number of nitrogens with one attached hydrogen (secondary N) is 1. The van der Waals surface area contributed by atoms with Crippen LogP contribution >= 0.6 is 0 Å². The molecule has 33 heavy (non-hydrogen) atoms. The highest BCUT2D eigenvalue weighted by Crippen LogP contribution is 2.36. The van der Waals surface area contributed by atoms with Gasteiger partial charge in [-0.1, -0.05) is 12.1 Å². The van der Waals surface area contributed by atoms with Crippen LogP contribution in [0.4, 0.5) is 11.6 Å². The molecule has 0 unspecified atom stereocenters. The van der Waals surface area contributed by atoms with Crippen molar-refractivity contribution in [2.24, 2.45) is 0 Å². The quantitative estimate of drug-likeness (QED) is 0.485. The summed E-state index contributed by atoms with van der Waals surface area (Å²) in [7, 11) is 3.37. The average molecular weight is 444 g/mol. The fourth-order valence-corrected chi connectivity index (χ4v) is 4.55. The summed E-state index contributed by atoms with van der Waals surface area (Å²) in [6.45, 7) is 3.47. The molecule has 0 saturated carbocycles. The monoisotopic (exact) mass is 443 g/mol. The van der Waals surface area contributed by atoms with Gasteiger partial charge in [-0.15, -0.1) is 5.10 Å². The van der Waals surface area contributed by atoms with E-state index in [0.717, 1.165) is 60.3 Å². The van der Waals surface area contributed by atoms with Gasteiger partial charge in [0.05, 0.1) is 56.6 Å². The Morgan fingerprint density at radius 3 is 2.52 bits per heavy atom. The summed E-state index contributed by atoms with van der Waals surface area (Å²) < 4.78 is 18.5. The molecule has 2 aliphatic rings. The standard InChI is InChI=1S/C25H25N5O3/c1-31-23-6-4-3-5-20(23)22-8-7-18-11-26-25(28-30(18)22)27-21-9-16-12-29(19-14-33-15-19)13-17(16)10-24(21)32-2/h3-11,19H,12-15H2,1-2H3,(H,27,28). The molecule has 0 amide bonds. The maximum absolute atomic E-state index is 5.69. The third kappa shape index (κ3) is 3.48. The minimum Gasteiger partial charge on any atom is -0.496 e. The van der Waals surface area contributed by atoms with Gasteiger partial charge in [-0.2, -0.15) is 0 Å². The number of ether oxygens (including phenoxy) is 3. The minimum absolute atomic E-state index is 0.496. The zero-order valence-electron chi connectivity index (χ0n) is 18.6. The van der Waals surface area contributed by atoms with Crippen LogP contribution in [0.1, 0.15) is 11.1 Å². The first kappa shape index (κ1) is 20.0. The molecule has 0 atom stereocenters. The second kappa shape index (κ2) is 8.06. The van der Waals surface area contributed by atoms with Crippen molar-refractivity contribution in [1.82, 2.24) is 19.5 Å². The van der Waals surface area contributed by atoms with Crippen LogP contribution in [0.15, 0.2) is 54.7 Å². The van der Waals surface area contributed by atoms with Crippen molar-refractivity contribution in [3.8, 4) is 22.8 Å². The highest BCUT2D eigenvalue weighted by molar-refractivity contribution is 5.72. The second-order valence-electron chi connectivity index (χ2n) is 8.38. The van der Waals surface area contributed by atoms with Crippen LogP contribution in [0.3, 0.4) is 0 Å². The fourth-order valence-electron chi connectivity index (χ4n) is 4.55. The molecule has 168 valence electrons. The van der Waals surface area contributed by atoms with Crippen molar-refractivity contribution >= 4 is 17.2 Å². The minimum atomic E-state index is 0.496. The highest BCUT2D eigenvalue weighted by atomic mass is 16.5. The van der Waals surface area contributed by atoms with E-state index in [1.54, 1.807) is 14.2 Å². The Labute approximate surface area is 191 Å². The first-order valence-electron chi connectivity index (χ1n) is 11.0. The van der Waals surface area contributed by atoms with E-state index < -0.39 is 0 Å². The Bertz CT molecular complexity index is 1330. The molecule has 0 bridgehead atoms. The Kier molecular flexibility index (Phi) is 4.89. The lowest BCUT2D eigenvalue weighted by Crippen LogP contribution is -2.46. The van der Waals surface area contributed by atoms with Gasteiger partial charge in [-0.3, -0.25) is 4.90 Å². The lowest BCUT2D eigenvalue weighted by atomic mass is 10.1. The zero-order chi connectivity index (χ0) is 22.4. The van der Waals surface area contributed by atoms with Crippen LogP contribution in [0.25, 0.3) is 16.8 Å². The number of nitrogens with zero attached hydrogens (tertiary/aromatic N) is 4. The predicted octanol–water partition coefficient (Wildman–Crippen LogP) is 3.87. The van der Waals surface area contributed by atoms with Crippen molar-refractivity contribution in [3.63, 3.8) is 0 Å². The summed E-state index contributed by atoms with van der Waals surface area (Å²) in [5.74, 6) is 2.07. The molecule has 8 heteroatoms. The number of benzene rings is 2. The number of aromatic nitrogens is 3. The van der Waals surface area contributed by atoms with Crippen LogP contribution < -0.4 is 14.8 Å². The summed E-state index contributed by atoms with van der Waals surface area (Å²) in [6.07, 6.45) is 1.81. The molecule has 8 nitrogen and oxygen atoms in total. The van der Waals surface area contributed by atoms with Crippen molar-refractivity contribution in [2.75, 3.05) is 32.8 Å². The van der Waals surface area contributed by atoms with Gasteiger partial charge < -0.3 is 19.5 Å². The summed E-state index contributed by atoms with van der Waals surface area (Å²) in [4.78, 5) is 6.99. The number of methoxy groups -OCH3 is 2. The third-order valence-electron chi connectivity index (χ3n) is 6.43. The molecule has 2 aromatic heterocycles. The van der Waals surface area contributed by atoms with Gasteiger partial charge in [0, 0.05) is 18.7 Å². The smallest absolute Gasteiger partial charge is 0.245 e. The maximum Gasteiger partial charge on any atom is 0.245 e. The third-order valence-corrected chi connectivity index (χ3v) is 6.43. The molecule has 4 heterocycles. The number of para-hydroxylation sites is 1. The van der Waals surface area contributed by atoms with Gasteiger partial charge in [0.25, 0.3) is 0 Å². The SMILES string of the molecule is COc1cc2c(cc1Nc1ncc3ccc(-c4ccccc4OC)n3n1)CN(C1COC1)C2. The molecule has 1 saturated heterocycles. The Hall–Kier alpha value is -3.62. The first-order chi connectivity index (χ1) is 16.2. The number of rotatable bonds is 6. The lowest BCUT2D eigenvalue weighted by molar-refractivity contribution is -0.0669. The molecule has 2 aromatic carbocycles. The Morgan fingerprint density at radius 1 is 0.970 bits per heavy atom. The van der Waals surface area contributed by atoms with Crippen LogP contribution in [0.5, 0.6) is 11.5 Å². The molecular formula is C25H25N5O3. The van der Waals surface area contributed by atoms with E-state index in [0.29, 0.717) is 12.0 Å². The van der Waals surface area contributed by atoms with E-state index in [1.807, 2.05) is 47.1 Å². The van der Waals surface area contributed by atoms with Crippen molar-refractivity contribution in [2.45, 2.75) is 19.1 Å². The van der Waals surface area contributed by atoms with E-state index in [2.05, 4.69) is 27.3 Å². The number of fused-ring (bicyclic) bond motifs is 2. The Balaban J connectivity index is 1.34. The highest BCUT2D eigenvalue weighted by Gasteiger charge is 2.31. The molecule has 4 aromatic rings. The van der Waals surface area contributed by atoms with Gasteiger partial charge in [-0.25, -0.2) is 9.50 Å². The molecule has 2 aliphatic heterocycles. The van der Waals surface area contributed by atoms with Gasteiger partial charge in [0.2, 0.25) is 5.95 Å². The van der Waals surface area contributed by atoms with Gasteiger partial charge in [0.15, 0.2) is 0 Å². The Morgan fingerprint density at radius 2 is 1.76 bits per heavy atom. The van der Waals surface area contributed by atoms with Crippen molar-refractivity contribution < 1.29 is 14.2 Å².